The predicted octanol–water partition coefficient (Wildman–Crippen LogP) is 1.75. The van der Waals surface area contributed by atoms with Gasteiger partial charge >= 0.3 is 65.6 Å². The molecule has 0 fully saturated rings. The van der Waals surface area contributed by atoms with Crippen LogP contribution in [0, 0.1) is 10.8 Å². The monoisotopic (exact) mass is 320 g/mol. The summed E-state index contributed by atoms with van der Waals surface area (Å²) >= 11 is 0. The zero-order chi connectivity index (χ0) is 12.7. The Balaban J connectivity index is 0. The van der Waals surface area contributed by atoms with Crippen LogP contribution in [0.15, 0.2) is 0 Å². The molecule has 0 aromatic carbocycles. The van der Waals surface area contributed by atoms with E-state index in [0.29, 0.717) is 0 Å². The zero-order valence-corrected chi connectivity index (χ0v) is 11.0. The molecule has 0 aliphatic carbocycles. The normalized spacial score (nSPS) is 12.9. The summed E-state index contributed by atoms with van der Waals surface area (Å²) in [6.45, 7) is 9.13. The van der Waals surface area contributed by atoms with Gasteiger partial charge in [-0.3, -0.25) is 14.2 Å². The maximum absolute atomic E-state index is 11.8. The van der Waals surface area contributed by atoms with E-state index in [-0.39, 0.29) is 58.2 Å². The van der Waals surface area contributed by atoms with E-state index in [9.17, 15) is 19.0 Å². The summed E-state index contributed by atoms with van der Waals surface area (Å²) in [4.78, 5) is 32.9. The summed E-state index contributed by atoms with van der Waals surface area (Å²) in [6.07, 6.45) is 0. The van der Waals surface area contributed by atoms with Gasteiger partial charge in [-0.05, 0) is 0 Å². The standard InChI is InChI=1S/C10H19O4P.Rb.H/c1-9(2,3)7(11)15(13,14)8(12)10(4,5)6;;/h1-6H3,(H,13,14);;. The van der Waals surface area contributed by atoms with Crippen molar-refractivity contribution in [1.82, 2.24) is 0 Å². The SMILES string of the molecule is CC(C)(C)C(=O)P(=O)(O)C(=O)C(C)(C)C.[RbH]. The second kappa shape index (κ2) is 5.98. The number of carbonyl (C=O) groups excluding carboxylic acids is 2. The van der Waals surface area contributed by atoms with Crippen molar-refractivity contribution in [3.05, 3.63) is 0 Å². The Morgan fingerprint density at radius 2 is 1.06 bits per heavy atom. The molecule has 0 radical (unpaired) electrons. The molecule has 0 aromatic rings. The van der Waals surface area contributed by atoms with Gasteiger partial charge in [-0.2, -0.15) is 0 Å². The van der Waals surface area contributed by atoms with E-state index in [1.807, 2.05) is 0 Å². The Kier molecular flexibility index (Phi) is 7.36. The average molecular weight is 321 g/mol. The molecule has 0 saturated carbocycles. The summed E-state index contributed by atoms with van der Waals surface area (Å²) in [5.74, 6) is 0. The van der Waals surface area contributed by atoms with Gasteiger partial charge in [0.15, 0.2) is 0 Å². The molecule has 0 heterocycles. The van der Waals surface area contributed by atoms with Gasteiger partial charge in [0.2, 0.25) is 11.0 Å². The van der Waals surface area contributed by atoms with Gasteiger partial charge in [0.25, 0.3) is 0 Å². The van der Waals surface area contributed by atoms with Gasteiger partial charge in [-0.25, -0.2) is 0 Å². The van der Waals surface area contributed by atoms with E-state index >= 15 is 0 Å². The molecule has 0 spiro atoms. The number of rotatable bonds is 2. The molecule has 0 amide bonds. The summed E-state index contributed by atoms with van der Waals surface area (Å²) in [6, 6.07) is 0. The number of carbonyl (C=O) groups is 2. The Labute approximate surface area is 146 Å². The van der Waals surface area contributed by atoms with Gasteiger partial charge in [-0.15, -0.1) is 0 Å². The first-order valence-electron chi connectivity index (χ1n) is 4.74. The van der Waals surface area contributed by atoms with Crippen LogP contribution in [0.3, 0.4) is 0 Å². The van der Waals surface area contributed by atoms with Crippen LogP contribution < -0.4 is 0 Å². The fraction of sp³-hybridized carbons (Fsp3) is 0.800. The summed E-state index contributed by atoms with van der Waals surface area (Å²) in [5.41, 5.74) is -3.72. The molecule has 0 unspecified atom stereocenters. The summed E-state index contributed by atoms with van der Waals surface area (Å²) < 4.78 is 11.8. The number of hydrogen-bond acceptors (Lipinski definition) is 3. The second-order valence-corrected chi connectivity index (χ2v) is 7.65. The molecule has 0 saturated heterocycles. The van der Waals surface area contributed by atoms with Crippen molar-refractivity contribution in [3.8, 4) is 0 Å². The summed E-state index contributed by atoms with van der Waals surface area (Å²) in [7, 11) is -4.40. The van der Waals surface area contributed by atoms with Crippen molar-refractivity contribution in [2.24, 2.45) is 10.8 Å². The van der Waals surface area contributed by atoms with Crippen LogP contribution in [0.5, 0.6) is 0 Å². The van der Waals surface area contributed by atoms with Crippen molar-refractivity contribution in [2.45, 2.75) is 41.5 Å². The third-order valence-corrected chi connectivity index (χ3v) is 4.28. The van der Waals surface area contributed by atoms with E-state index in [1.165, 1.54) is 41.5 Å². The molecule has 16 heavy (non-hydrogen) atoms. The molecule has 1 N–H and O–H groups in total. The number of hydrogen-bond donors (Lipinski definition) is 1. The molecule has 0 rings (SSSR count). The topological polar surface area (TPSA) is 71.4 Å². The van der Waals surface area contributed by atoms with Crippen LogP contribution in [0.1, 0.15) is 41.5 Å². The molecule has 0 atom stereocenters. The van der Waals surface area contributed by atoms with Crippen molar-refractivity contribution in [3.63, 3.8) is 0 Å². The Hall–Kier alpha value is 1.34. The predicted molar refractivity (Wildman–Crippen MR) is 65.9 cm³/mol. The van der Waals surface area contributed by atoms with Crippen molar-refractivity contribution in [1.29, 1.82) is 0 Å². The zero-order valence-electron chi connectivity index (χ0n) is 10.1. The van der Waals surface area contributed by atoms with Crippen LogP contribution >= 0.6 is 7.37 Å². The first-order chi connectivity index (χ1) is 6.31. The molecular formula is C10H20O4PRb. The van der Waals surface area contributed by atoms with Gasteiger partial charge in [0.05, 0.1) is 0 Å². The van der Waals surface area contributed by atoms with E-state index < -0.39 is 29.2 Å². The van der Waals surface area contributed by atoms with E-state index in [1.54, 1.807) is 0 Å². The average Bonchev–Trinajstić information content (AvgIpc) is 1.98. The van der Waals surface area contributed by atoms with Crippen LogP contribution in [0.2, 0.25) is 0 Å². The second-order valence-electron chi connectivity index (χ2n) is 5.69. The molecule has 0 aliphatic heterocycles. The molecular weight excluding hydrogens is 301 g/mol. The quantitative estimate of drug-likeness (QED) is 0.787. The first-order valence-corrected chi connectivity index (χ1v) is 6.40. The summed E-state index contributed by atoms with van der Waals surface area (Å²) in [5, 5.41) is 0. The van der Waals surface area contributed by atoms with Crippen LogP contribution in [-0.4, -0.2) is 74.1 Å². The van der Waals surface area contributed by atoms with Crippen molar-refractivity contribution >= 4 is 76.6 Å². The molecule has 4 nitrogen and oxygen atoms in total. The fourth-order valence-corrected chi connectivity index (χ4v) is 3.00. The van der Waals surface area contributed by atoms with Crippen LogP contribution in [0.4, 0.5) is 0 Å². The van der Waals surface area contributed by atoms with Crippen LogP contribution in [0.25, 0.3) is 0 Å². The molecule has 0 aliphatic rings. The minimum atomic E-state index is -4.40. The Morgan fingerprint density at radius 3 is 1.19 bits per heavy atom. The van der Waals surface area contributed by atoms with E-state index in [4.69, 9.17) is 0 Å². The van der Waals surface area contributed by atoms with Crippen molar-refractivity contribution in [2.75, 3.05) is 0 Å². The third-order valence-electron chi connectivity index (χ3n) is 1.83. The van der Waals surface area contributed by atoms with E-state index in [0.717, 1.165) is 0 Å². The molecule has 0 aromatic heterocycles. The minimum absolute atomic E-state index is 0. The first kappa shape index (κ1) is 19.7. The van der Waals surface area contributed by atoms with Gasteiger partial charge < -0.3 is 4.89 Å². The van der Waals surface area contributed by atoms with Gasteiger partial charge in [-0.1, -0.05) is 41.5 Å². The fourth-order valence-electron chi connectivity index (χ4n) is 1.00. The van der Waals surface area contributed by atoms with Crippen molar-refractivity contribution < 1.29 is 19.0 Å². The maximum atomic E-state index is 11.8. The van der Waals surface area contributed by atoms with Gasteiger partial charge in [0.1, 0.15) is 0 Å². The Bertz CT molecular complexity index is 306. The van der Waals surface area contributed by atoms with Crippen LogP contribution in [-0.2, 0) is 14.2 Å². The molecule has 90 valence electrons. The molecule has 0 bridgehead atoms. The Morgan fingerprint density at radius 1 is 0.875 bits per heavy atom. The molecule has 6 heteroatoms. The third kappa shape index (κ3) is 4.91. The van der Waals surface area contributed by atoms with E-state index in [2.05, 4.69) is 0 Å². The van der Waals surface area contributed by atoms with Gasteiger partial charge in [0, 0.05) is 10.8 Å².